The van der Waals surface area contributed by atoms with Gasteiger partial charge >= 0.3 is 5.97 Å². The maximum atomic E-state index is 11.9. The van der Waals surface area contributed by atoms with Crippen molar-refractivity contribution in [3.63, 3.8) is 0 Å². The summed E-state index contributed by atoms with van der Waals surface area (Å²) < 4.78 is 0. The van der Waals surface area contributed by atoms with Gasteiger partial charge in [0.25, 0.3) is 0 Å². The number of nitrogens with one attached hydrogen (secondary N) is 1. The van der Waals surface area contributed by atoms with Gasteiger partial charge in [0.15, 0.2) is 0 Å². The van der Waals surface area contributed by atoms with E-state index < -0.39 is 5.97 Å². The van der Waals surface area contributed by atoms with Crippen LogP contribution in [0.2, 0.25) is 0 Å². The van der Waals surface area contributed by atoms with Gasteiger partial charge in [-0.05, 0) is 18.1 Å². The molecule has 5 nitrogen and oxygen atoms in total. The topological polar surface area (TPSA) is 79.3 Å². The SMILES string of the molecule is CC(CC(=O)O)CC(=O)Nc1cccc2cccnc12. The highest BCUT2D eigenvalue weighted by molar-refractivity contribution is 6.00. The third-order valence-corrected chi connectivity index (χ3v) is 2.96. The molecule has 1 atom stereocenters. The van der Waals surface area contributed by atoms with Gasteiger partial charge in [-0.1, -0.05) is 25.1 Å². The Morgan fingerprint density at radius 3 is 2.75 bits per heavy atom. The number of fused-ring (bicyclic) bond motifs is 1. The van der Waals surface area contributed by atoms with Crippen LogP contribution in [0.5, 0.6) is 0 Å². The second-order valence-corrected chi connectivity index (χ2v) is 4.84. The van der Waals surface area contributed by atoms with Crippen LogP contribution in [-0.4, -0.2) is 22.0 Å². The molecule has 0 fully saturated rings. The fraction of sp³-hybridized carbons (Fsp3) is 0.267. The number of aliphatic carboxylic acids is 1. The second kappa shape index (κ2) is 6.14. The van der Waals surface area contributed by atoms with Crippen LogP contribution in [0.25, 0.3) is 10.9 Å². The first-order chi connectivity index (χ1) is 9.56. The van der Waals surface area contributed by atoms with Gasteiger partial charge in [-0.25, -0.2) is 0 Å². The smallest absolute Gasteiger partial charge is 0.303 e. The van der Waals surface area contributed by atoms with Gasteiger partial charge in [0.05, 0.1) is 11.2 Å². The van der Waals surface area contributed by atoms with E-state index in [0.29, 0.717) is 5.69 Å². The molecule has 1 aromatic heterocycles. The Hall–Kier alpha value is -2.43. The third kappa shape index (κ3) is 3.54. The lowest BCUT2D eigenvalue weighted by Crippen LogP contribution is -2.17. The molecule has 2 N–H and O–H groups in total. The number of amides is 1. The van der Waals surface area contributed by atoms with Gasteiger partial charge < -0.3 is 10.4 Å². The standard InChI is InChI=1S/C15H16N2O3/c1-10(9-14(19)20)8-13(18)17-12-6-2-4-11-5-3-7-16-15(11)12/h2-7,10H,8-9H2,1H3,(H,17,18)(H,19,20). The van der Waals surface area contributed by atoms with Crippen LogP contribution in [0, 0.1) is 5.92 Å². The van der Waals surface area contributed by atoms with Crippen molar-refractivity contribution < 1.29 is 14.7 Å². The average molecular weight is 272 g/mol. The Kier molecular flexibility index (Phi) is 4.30. The molecule has 0 aliphatic carbocycles. The Bertz CT molecular complexity index is 635. The molecule has 0 radical (unpaired) electrons. The van der Waals surface area contributed by atoms with Crippen LogP contribution in [0.4, 0.5) is 5.69 Å². The molecule has 1 heterocycles. The zero-order chi connectivity index (χ0) is 14.5. The van der Waals surface area contributed by atoms with E-state index in [1.54, 1.807) is 19.2 Å². The maximum Gasteiger partial charge on any atom is 0.303 e. The quantitative estimate of drug-likeness (QED) is 0.877. The van der Waals surface area contributed by atoms with E-state index >= 15 is 0 Å². The summed E-state index contributed by atoms with van der Waals surface area (Å²) in [5.74, 6) is -1.29. The van der Waals surface area contributed by atoms with Crippen molar-refractivity contribution in [2.24, 2.45) is 5.92 Å². The summed E-state index contributed by atoms with van der Waals surface area (Å²) in [6.45, 7) is 1.75. The molecule has 104 valence electrons. The number of pyridine rings is 1. The summed E-state index contributed by atoms with van der Waals surface area (Å²) in [6, 6.07) is 9.31. The highest BCUT2D eigenvalue weighted by Gasteiger charge is 2.13. The van der Waals surface area contributed by atoms with Crippen molar-refractivity contribution >= 4 is 28.5 Å². The van der Waals surface area contributed by atoms with E-state index in [0.717, 1.165) is 10.9 Å². The highest BCUT2D eigenvalue weighted by atomic mass is 16.4. The Morgan fingerprint density at radius 1 is 1.25 bits per heavy atom. The van der Waals surface area contributed by atoms with Crippen LogP contribution in [0.15, 0.2) is 36.5 Å². The minimum atomic E-state index is -0.892. The molecular weight excluding hydrogens is 256 g/mol. The molecule has 0 saturated carbocycles. The fourth-order valence-corrected chi connectivity index (χ4v) is 2.09. The predicted molar refractivity (Wildman–Crippen MR) is 76.4 cm³/mol. The second-order valence-electron chi connectivity index (χ2n) is 4.84. The van der Waals surface area contributed by atoms with Crippen molar-refractivity contribution in [2.45, 2.75) is 19.8 Å². The number of carboxylic acids is 1. The van der Waals surface area contributed by atoms with Gasteiger partial charge in [0.2, 0.25) is 5.91 Å². The molecule has 2 aromatic rings. The predicted octanol–water partition coefficient (Wildman–Crippen LogP) is 2.67. The van der Waals surface area contributed by atoms with Crippen LogP contribution >= 0.6 is 0 Å². The first-order valence-electron chi connectivity index (χ1n) is 6.41. The fourth-order valence-electron chi connectivity index (χ4n) is 2.09. The van der Waals surface area contributed by atoms with Gasteiger partial charge in [0.1, 0.15) is 0 Å². The third-order valence-electron chi connectivity index (χ3n) is 2.96. The number of carbonyl (C=O) groups is 2. The van der Waals surface area contributed by atoms with Crippen LogP contribution in [0.1, 0.15) is 19.8 Å². The van der Waals surface area contributed by atoms with Crippen molar-refractivity contribution in [2.75, 3.05) is 5.32 Å². The van der Waals surface area contributed by atoms with Crippen LogP contribution < -0.4 is 5.32 Å². The zero-order valence-electron chi connectivity index (χ0n) is 11.2. The summed E-state index contributed by atoms with van der Waals surface area (Å²) >= 11 is 0. The summed E-state index contributed by atoms with van der Waals surface area (Å²) in [7, 11) is 0. The molecular formula is C15H16N2O3. The normalized spacial score (nSPS) is 12.1. The van der Waals surface area contributed by atoms with Gasteiger partial charge in [-0.2, -0.15) is 0 Å². The molecule has 0 aliphatic rings. The summed E-state index contributed by atoms with van der Waals surface area (Å²) in [4.78, 5) is 26.8. The number of para-hydroxylation sites is 1. The lowest BCUT2D eigenvalue weighted by Gasteiger charge is -2.10. The minimum Gasteiger partial charge on any atom is -0.481 e. The number of carbonyl (C=O) groups excluding carboxylic acids is 1. The molecule has 1 aromatic carbocycles. The number of rotatable bonds is 5. The highest BCUT2D eigenvalue weighted by Crippen LogP contribution is 2.21. The molecule has 0 spiro atoms. The molecule has 1 amide bonds. The van der Waals surface area contributed by atoms with E-state index in [-0.39, 0.29) is 24.7 Å². The zero-order valence-corrected chi connectivity index (χ0v) is 11.2. The van der Waals surface area contributed by atoms with E-state index in [1.807, 2.05) is 24.3 Å². The monoisotopic (exact) mass is 272 g/mol. The van der Waals surface area contributed by atoms with E-state index in [4.69, 9.17) is 5.11 Å². The number of benzene rings is 1. The number of anilines is 1. The molecule has 2 rings (SSSR count). The number of nitrogens with zero attached hydrogens (tertiary/aromatic N) is 1. The molecule has 1 unspecified atom stereocenters. The number of aromatic nitrogens is 1. The van der Waals surface area contributed by atoms with Crippen molar-refractivity contribution in [1.82, 2.24) is 4.98 Å². The average Bonchev–Trinajstić information content (AvgIpc) is 2.38. The Morgan fingerprint density at radius 2 is 2.00 bits per heavy atom. The number of carboxylic acid groups (broad SMARTS) is 1. The Labute approximate surface area is 116 Å². The first-order valence-corrected chi connectivity index (χ1v) is 6.41. The summed E-state index contributed by atoms with van der Waals surface area (Å²) in [5, 5.41) is 12.4. The molecule has 0 bridgehead atoms. The van der Waals surface area contributed by atoms with Crippen LogP contribution in [-0.2, 0) is 9.59 Å². The first kappa shape index (κ1) is 14.0. The lowest BCUT2D eigenvalue weighted by atomic mass is 10.0. The van der Waals surface area contributed by atoms with Gasteiger partial charge in [0, 0.05) is 24.4 Å². The summed E-state index contributed by atoms with van der Waals surface area (Å²) in [6.07, 6.45) is 1.84. The maximum absolute atomic E-state index is 11.9. The largest absolute Gasteiger partial charge is 0.481 e. The molecule has 0 saturated heterocycles. The van der Waals surface area contributed by atoms with E-state index in [9.17, 15) is 9.59 Å². The van der Waals surface area contributed by atoms with Crippen molar-refractivity contribution in [3.05, 3.63) is 36.5 Å². The number of hydrogen-bond acceptors (Lipinski definition) is 3. The number of hydrogen-bond donors (Lipinski definition) is 2. The molecule has 0 aliphatic heterocycles. The van der Waals surface area contributed by atoms with Crippen molar-refractivity contribution in [1.29, 1.82) is 0 Å². The lowest BCUT2D eigenvalue weighted by molar-refractivity contribution is -0.138. The van der Waals surface area contributed by atoms with Crippen LogP contribution in [0.3, 0.4) is 0 Å². The molecule has 5 heteroatoms. The van der Waals surface area contributed by atoms with Gasteiger partial charge in [-0.3, -0.25) is 14.6 Å². The van der Waals surface area contributed by atoms with E-state index in [1.165, 1.54) is 0 Å². The van der Waals surface area contributed by atoms with E-state index in [2.05, 4.69) is 10.3 Å². The Balaban J connectivity index is 2.08. The minimum absolute atomic E-state index is 0.0127. The van der Waals surface area contributed by atoms with Gasteiger partial charge in [-0.15, -0.1) is 0 Å². The van der Waals surface area contributed by atoms with Crippen molar-refractivity contribution in [3.8, 4) is 0 Å². The summed E-state index contributed by atoms with van der Waals surface area (Å²) in [5.41, 5.74) is 1.38. The molecule has 20 heavy (non-hydrogen) atoms.